The highest BCUT2D eigenvalue weighted by Crippen LogP contribution is 2.27. The minimum Gasteiger partial charge on any atom is -0.459 e. The van der Waals surface area contributed by atoms with Gasteiger partial charge in [0.25, 0.3) is 5.91 Å². The molecule has 0 spiro atoms. The second kappa shape index (κ2) is 10.5. The van der Waals surface area contributed by atoms with Gasteiger partial charge in [-0.1, -0.05) is 66.9 Å². The number of nitrogens with one attached hydrogen (secondary N) is 1. The van der Waals surface area contributed by atoms with E-state index in [1.807, 2.05) is 43.3 Å². The Balaban J connectivity index is 1.68. The van der Waals surface area contributed by atoms with E-state index < -0.39 is 6.04 Å². The molecular formula is C28H32N2O3. The lowest BCUT2D eigenvalue weighted by atomic mass is 10.00. The van der Waals surface area contributed by atoms with E-state index in [0.29, 0.717) is 13.0 Å². The van der Waals surface area contributed by atoms with Crippen molar-refractivity contribution in [2.75, 3.05) is 6.54 Å². The predicted octanol–water partition coefficient (Wildman–Crippen LogP) is 5.38. The number of hydrogen-bond donors (Lipinski definition) is 1. The van der Waals surface area contributed by atoms with Gasteiger partial charge in [-0.05, 0) is 61.9 Å². The summed E-state index contributed by atoms with van der Waals surface area (Å²) in [5.41, 5.74) is 4.25. The summed E-state index contributed by atoms with van der Waals surface area (Å²) in [7, 11) is 0. The first-order chi connectivity index (χ1) is 16.0. The van der Waals surface area contributed by atoms with Gasteiger partial charge in [0.2, 0.25) is 5.91 Å². The van der Waals surface area contributed by atoms with Gasteiger partial charge in [0, 0.05) is 12.6 Å². The summed E-state index contributed by atoms with van der Waals surface area (Å²) in [4.78, 5) is 28.9. The highest BCUT2D eigenvalue weighted by Gasteiger charge is 2.34. The average Bonchev–Trinajstić information content (AvgIpc) is 3.52. The molecule has 1 heterocycles. The first kappa shape index (κ1) is 22.8. The maximum Gasteiger partial charge on any atom is 0.290 e. The second-order valence-corrected chi connectivity index (χ2v) is 8.96. The van der Waals surface area contributed by atoms with Crippen LogP contribution in [0.2, 0.25) is 0 Å². The van der Waals surface area contributed by atoms with Crippen LogP contribution in [0.5, 0.6) is 0 Å². The molecule has 1 fully saturated rings. The molecule has 33 heavy (non-hydrogen) atoms. The van der Waals surface area contributed by atoms with Crippen LogP contribution in [0.25, 0.3) is 0 Å². The minimum absolute atomic E-state index is 0.129. The third-order valence-corrected chi connectivity index (χ3v) is 6.53. The molecule has 1 aliphatic rings. The monoisotopic (exact) mass is 444 g/mol. The van der Waals surface area contributed by atoms with Crippen LogP contribution in [0.4, 0.5) is 0 Å². The average molecular weight is 445 g/mol. The Hall–Kier alpha value is -3.34. The van der Waals surface area contributed by atoms with Crippen molar-refractivity contribution in [1.82, 2.24) is 10.2 Å². The third-order valence-electron chi connectivity index (χ3n) is 6.53. The van der Waals surface area contributed by atoms with Gasteiger partial charge in [-0.15, -0.1) is 0 Å². The topological polar surface area (TPSA) is 62.6 Å². The van der Waals surface area contributed by atoms with Gasteiger partial charge in [-0.2, -0.15) is 0 Å². The number of benzene rings is 2. The van der Waals surface area contributed by atoms with Crippen LogP contribution < -0.4 is 5.32 Å². The summed E-state index contributed by atoms with van der Waals surface area (Å²) in [5, 5.41) is 3.22. The van der Waals surface area contributed by atoms with Crippen molar-refractivity contribution in [1.29, 1.82) is 0 Å². The molecule has 0 aliphatic heterocycles. The first-order valence-electron chi connectivity index (χ1n) is 11.8. The Morgan fingerprint density at radius 3 is 2.39 bits per heavy atom. The molecular weight excluding hydrogens is 412 g/mol. The van der Waals surface area contributed by atoms with Gasteiger partial charge in [0.05, 0.1) is 6.26 Å². The molecule has 2 amide bonds. The molecule has 1 unspecified atom stereocenters. The molecule has 2 aromatic carbocycles. The molecule has 5 heteroatoms. The fourth-order valence-corrected chi connectivity index (χ4v) is 4.59. The number of aryl methyl sites for hydroxylation is 2. The Morgan fingerprint density at radius 2 is 1.73 bits per heavy atom. The molecule has 1 aromatic heterocycles. The van der Waals surface area contributed by atoms with Crippen molar-refractivity contribution < 1.29 is 14.0 Å². The van der Waals surface area contributed by atoms with Crippen molar-refractivity contribution in [2.45, 2.75) is 58.0 Å². The van der Waals surface area contributed by atoms with E-state index in [9.17, 15) is 9.59 Å². The van der Waals surface area contributed by atoms with E-state index in [4.69, 9.17) is 4.42 Å². The van der Waals surface area contributed by atoms with E-state index in [1.54, 1.807) is 17.0 Å². The summed E-state index contributed by atoms with van der Waals surface area (Å²) >= 11 is 0. The van der Waals surface area contributed by atoms with Crippen molar-refractivity contribution >= 4 is 11.8 Å². The van der Waals surface area contributed by atoms with Crippen LogP contribution in [-0.2, 0) is 11.2 Å². The summed E-state index contributed by atoms with van der Waals surface area (Å²) in [6.07, 6.45) is 6.37. The highest BCUT2D eigenvalue weighted by molar-refractivity contribution is 5.96. The van der Waals surface area contributed by atoms with E-state index in [2.05, 4.69) is 24.4 Å². The smallest absolute Gasteiger partial charge is 0.290 e. The molecule has 5 nitrogen and oxygen atoms in total. The van der Waals surface area contributed by atoms with Crippen molar-refractivity contribution in [2.24, 2.45) is 0 Å². The molecule has 1 N–H and O–H groups in total. The highest BCUT2D eigenvalue weighted by atomic mass is 16.3. The standard InChI is InChI=1S/C28H32N2O3/c1-20-13-15-23(16-14-20)26(27(31)29-24-10-5-6-11-24)30(28(32)25-12-7-19-33-25)18-17-22-9-4-3-8-21(22)2/h3-4,7-9,12-16,19,24,26H,5-6,10-11,17-18H2,1-2H3,(H,29,31). The SMILES string of the molecule is Cc1ccc(C(C(=O)NC2CCCC2)N(CCc2ccccc2C)C(=O)c2ccco2)cc1. The molecule has 4 rings (SSSR count). The van der Waals surface area contributed by atoms with Crippen molar-refractivity contribution in [3.8, 4) is 0 Å². The van der Waals surface area contributed by atoms with E-state index in [-0.39, 0.29) is 23.6 Å². The quantitative estimate of drug-likeness (QED) is 0.507. The van der Waals surface area contributed by atoms with Crippen molar-refractivity contribution in [3.63, 3.8) is 0 Å². The maximum atomic E-state index is 13.6. The molecule has 1 aliphatic carbocycles. The normalized spacial score (nSPS) is 14.7. The number of carbonyl (C=O) groups is 2. The Morgan fingerprint density at radius 1 is 1.00 bits per heavy atom. The van der Waals surface area contributed by atoms with Gasteiger partial charge in [0.15, 0.2) is 5.76 Å². The zero-order chi connectivity index (χ0) is 23.2. The van der Waals surface area contributed by atoms with E-state index in [0.717, 1.165) is 42.4 Å². The Labute approximate surface area is 195 Å². The molecule has 1 saturated carbocycles. The van der Waals surface area contributed by atoms with E-state index in [1.165, 1.54) is 11.8 Å². The van der Waals surface area contributed by atoms with Crippen LogP contribution >= 0.6 is 0 Å². The van der Waals surface area contributed by atoms with Crippen LogP contribution in [0, 0.1) is 13.8 Å². The number of nitrogens with zero attached hydrogens (tertiary/aromatic N) is 1. The second-order valence-electron chi connectivity index (χ2n) is 8.96. The fraction of sp³-hybridized carbons (Fsp3) is 0.357. The lowest BCUT2D eigenvalue weighted by molar-refractivity contribution is -0.126. The number of rotatable bonds is 8. The van der Waals surface area contributed by atoms with Crippen LogP contribution in [0.1, 0.15) is 64.5 Å². The summed E-state index contributed by atoms with van der Waals surface area (Å²) in [6, 6.07) is 18.8. The Kier molecular flexibility index (Phi) is 7.28. The zero-order valence-corrected chi connectivity index (χ0v) is 19.4. The molecule has 0 radical (unpaired) electrons. The van der Waals surface area contributed by atoms with Crippen LogP contribution in [-0.4, -0.2) is 29.3 Å². The molecule has 0 bridgehead atoms. The predicted molar refractivity (Wildman–Crippen MR) is 129 cm³/mol. The number of amides is 2. The molecule has 172 valence electrons. The van der Waals surface area contributed by atoms with Gasteiger partial charge >= 0.3 is 0 Å². The minimum atomic E-state index is -0.729. The van der Waals surface area contributed by atoms with Crippen molar-refractivity contribution in [3.05, 3.63) is 94.9 Å². The lowest BCUT2D eigenvalue weighted by Crippen LogP contribution is -2.46. The van der Waals surface area contributed by atoms with E-state index >= 15 is 0 Å². The number of furan rings is 1. The molecule has 0 saturated heterocycles. The summed E-state index contributed by atoms with van der Waals surface area (Å²) < 4.78 is 5.45. The van der Waals surface area contributed by atoms with Gasteiger partial charge in [-0.25, -0.2) is 0 Å². The molecule has 3 aromatic rings. The Bertz CT molecular complexity index is 1070. The third kappa shape index (κ3) is 5.54. The largest absolute Gasteiger partial charge is 0.459 e. The van der Waals surface area contributed by atoms with Crippen LogP contribution in [0.3, 0.4) is 0 Å². The van der Waals surface area contributed by atoms with Gasteiger partial charge in [-0.3, -0.25) is 9.59 Å². The lowest BCUT2D eigenvalue weighted by Gasteiger charge is -2.32. The van der Waals surface area contributed by atoms with Gasteiger partial charge in [0.1, 0.15) is 6.04 Å². The zero-order valence-electron chi connectivity index (χ0n) is 19.4. The summed E-state index contributed by atoms with van der Waals surface area (Å²) in [5.74, 6) is -0.165. The first-order valence-corrected chi connectivity index (χ1v) is 11.8. The fourth-order valence-electron chi connectivity index (χ4n) is 4.59. The van der Waals surface area contributed by atoms with Crippen LogP contribution in [0.15, 0.2) is 71.3 Å². The molecule has 1 atom stereocenters. The number of carbonyl (C=O) groups excluding carboxylic acids is 2. The maximum absolute atomic E-state index is 13.6. The summed E-state index contributed by atoms with van der Waals surface area (Å²) in [6.45, 7) is 4.49. The van der Waals surface area contributed by atoms with Gasteiger partial charge < -0.3 is 14.6 Å². The number of hydrogen-bond acceptors (Lipinski definition) is 3.